The molecule has 0 atom stereocenters. The summed E-state index contributed by atoms with van der Waals surface area (Å²) in [7, 11) is 2.02. The number of hydrogen-bond donors (Lipinski definition) is 0. The summed E-state index contributed by atoms with van der Waals surface area (Å²) in [5, 5.41) is 3.70. The molecule has 0 amide bonds. The summed E-state index contributed by atoms with van der Waals surface area (Å²) in [6.07, 6.45) is 2.13. The number of aryl methyl sites for hydroxylation is 2. The molecule has 2 heteroatoms. The molecule has 16 heavy (non-hydrogen) atoms. The van der Waals surface area contributed by atoms with Crippen LogP contribution >= 0.6 is 0 Å². The molecule has 2 nitrogen and oxygen atoms in total. The topological polar surface area (TPSA) is 16.8 Å². The molecule has 3 aromatic rings. The van der Waals surface area contributed by atoms with E-state index in [0.29, 0.717) is 0 Å². The first-order valence-corrected chi connectivity index (χ1v) is 5.40. The van der Waals surface area contributed by atoms with Crippen LogP contribution in [0.4, 0.5) is 0 Å². The van der Waals surface area contributed by atoms with E-state index in [1.54, 1.807) is 0 Å². The number of rotatable bonds is 0. The van der Waals surface area contributed by atoms with Crippen molar-refractivity contribution in [3.63, 3.8) is 0 Å². The summed E-state index contributed by atoms with van der Waals surface area (Å²) >= 11 is 0. The van der Waals surface area contributed by atoms with Crippen molar-refractivity contribution in [3.8, 4) is 0 Å². The summed E-state index contributed by atoms with van der Waals surface area (Å²) < 4.78 is 2.05. The maximum absolute atomic E-state index is 4.59. The zero-order chi connectivity index (χ0) is 11.1. The van der Waals surface area contributed by atoms with Crippen LogP contribution in [0.15, 0.2) is 42.6 Å². The minimum absolute atomic E-state index is 1.03. The second-order valence-corrected chi connectivity index (χ2v) is 4.16. The van der Waals surface area contributed by atoms with Crippen molar-refractivity contribution in [1.29, 1.82) is 0 Å². The van der Waals surface area contributed by atoms with Crippen molar-refractivity contribution >= 4 is 21.7 Å². The minimum Gasteiger partial charge on any atom is -0.237 e. The zero-order valence-electron chi connectivity index (χ0n) is 9.44. The van der Waals surface area contributed by atoms with E-state index in [9.17, 15) is 0 Å². The second kappa shape index (κ2) is 3.27. The first-order valence-electron chi connectivity index (χ1n) is 5.40. The Morgan fingerprint density at radius 3 is 2.44 bits per heavy atom. The van der Waals surface area contributed by atoms with E-state index in [4.69, 9.17) is 0 Å². The van der Waals surface area contributed by atoms with Crippen molar-refractivity contribution < 1.29 is 4.57 Å². The molecule has 0 aliphatic rings. The molecular weight excluding hydrogens is 196 g/mol. The van der Waals surface area contributed by atoms with Crippen LogP contribution < -0.4 is 4.57 Å². The van der Waals surface area contributed by atoms with Crippen LogP contribution in [0.25, 0.3) is 21.7 Å². The molecule has 0 aliphatic carbocycles. The predicted molar refractivity (Wildman–Crippen MR) is 65.2 cm³/mol. The number of aromatic nitrogens is 2. The monoisotopic (exact) mass is 209 g/mol. The maximum Gasteiger partial charge on any atom is 0.295 e. The highest BCUT2D eigenvalue weighted by Gasteiger charge is 2.08. The van der Waals surface area contributed by atoms with E-state index in [1.165, 1.54) is 16.2 Å². The SMILES string of the molecule is Cc1nc2cc3ccccc3cc2c[n+]1C. The van der Waals surface area contributed by atoms with Gasteiger partial charge in [-0.2, -0.15) is 0 Å². The van der Waals surface area contributed by atoms with Gasteiger partial charge in [0.15, 0.2) is 5.52 Å². The molecule has 0 saturated heterocycles. The highest BCUT2D eigenvalue weighted by molar-refractivity contribution is 5.95. The standard InChI is InChI=1S/C14H13N2/c1-10-15-14-8-12-6-4-3-5-11(12)7-13(14)9-16(10)2/h3-9H,1-2H3/q+1. The van der Waals surface area contributed by atoms with E-state index < -0.39 is 0 Å². The fraction of sp³-hybridized carbons (Fsp3) is 0.143. The lowest BCUT2D eigenvalue weighted by molar-refractivity contribution is -0.679. The van der Waals surface area contributed by atoms with Gasteiger partial charge in [0.1, 0.15) is 6.20 Å². The Balaban J connectivity index is 2.46. The van der Waals surface area contributed by atoms with E-state index in [0.717, 1.165) is 11.3 Å². The van der Waals surface area contributed by atoms with Gasteiger partial charge in [0.05, 0.1) is 12.4 Å². The third-order valence-electron chi connectivity index (χ3n) is 3.02. The molecule has 3 rings (SSSR count). The number of benzene rings is 2. The minimum atomic E-state index is 1.03. The van der Waals surface area contributed by atoms with E-state index >= 15 is 0 Å². The van der Waals surface area contributed by atoms with Crippen molar-refractivity contribution in [2.45, 2.75) is 6.92 Å². The van der Waals surface area contributed by atoms with Gasteiger partial charge in [-0.05, 0) is 27.9 Å². The Morgan fingerprint density at radius 1 is 1.00 bits per heavy atom. The average molecular weight is 209 g/mol. The highest BCUT2D eigenvalue weighted by atomic mass is 15.0. The number of fused-ring (bicyclic) bond motifs is 2. The van der Waals surface area contributed by atoms with Gasteiger partial charge in [0, 0.05) is 6.92 Å². The largest absolute Gasteiger partial charge is 0.295 e. The van der Waals surface area contributed by atoms with Gasteiger partial charge in [-0.25, -0.2) is 4.57 Å². The molecule has 0 unspecified atom stereocenters. The summed E-state index contributed by atoms with van der Waals surface area (Å²) in [5.41, 5.74) is 1.06. The molecule has 2 aromatic carbocycles. The van der Waals surface area contributed by atoms with Gasteiger partial charge in [-0.1, -0.05) is 24.3 Å². The van der Waals surface area contributed by atoms with Crippen LogP contribution in [0.1, 0.15) is 5.82 Å². The van der Waals surface area contributed by atoms with Gasteiger partial charge in [0.25, 0.3) is 5.82 Å². The third-order valence-corrected chi connectivity index (χ3v) is 3.02. The molecule has 0 fully saturated rings. The smallest absolute Gasteiger partial charge is 0.237 e. The van der Waals surface area contributed by atoms with Crippen LogP contribution in [0.2, 0.25) is 0 Å². The summed E-state index contributed by atoms with van der Waals surface area (Å²) in [4.78, 5) is 4.59. The Morgan fingerprint density at radius 2 is 1.69 bits per heavy atom. The van der Waals surface area contributed by atoms with E-state index in [-0.39, 0.29) is 0 Å². The molecule has 0 spiro atoms. The van der Waals surface area contributed by atoms with Gasteiger partial charge in [-0.3, -0.25) is 0 Å². The normalized spacial score (nSPS) is 11.1. The van der Waals surface area contributed by atoms with Gasteiger partial charge in [-0.15, -0.1) is 0 Å². The Bertz CT molecular complexity index is 627. The Hall–Kier alpha value is -1.96. The second-order valence-electron chi connectivity index (χ2n) is 4.16. The first-order chi connectivity index (χ1) is 7.74. The molecule has 78 valence electrons. The zero-order valence-corrected chi connectivity index (χ0v) is 9.44. The van der Waals surface area contributed by atoms with Gasteiger partial charge in [0.2, 0.25) is 0 Å². The fourth-order valence-corrected chi connectivity index (χ4v) is 2.00. The third kappa shape index (κ3) is 1.34. The van der Waals surface area contributed by atoms with E-state index in [2.05, 4.69) is 52.1 Å². The molecule has 0 bridgehead atoms. The van der Waals surface area contributed by atoms with E-state index in [1.807, 2.05) is 14.0 Å². The molecule has 0 aliphatic heterocycles. The van der Waals surface area contributed by atoms with Crippen LogP contribution in [-0.4, -0.2) is 4.98 Å². The molecule has 1 aromatic heterocycles. The lowest BCUT2D eigenvalue weighted by atomic mass is 10.1. The van der Waals surface area contributed by atoms with Crippen molar-refractivity contribution in [2.24, 2.45) is 7.05 Å². The number of nitrogens with zero attached hydrogens (tertiary/aromatic N) is 2. The predicted octanol–water partition coefficient (Wildman–Crippen LogP) is 2.52. The lowest BCUT2D eigenvalue weighted by Gasteiger charge is -2.00. The Labute approximate surface area is 94.2 Å². The molecule has 0 N–H and O–H groups in total. The van der Waals surface area contributed by atoms with Crippen molar-refractivity contribution in [3.05, 3.63) is 48.4 Å². The Kier molecular flexibility index (Phi) is 1.90. The molecular formula is C14H13N2+. The van der Waals surface area contributed by atoms with Crippen LogP contribution in [0.5, 0.6) is 0 Å². The van der Waals surface area contributed by atoms with Crippen molar-refractivity contribution in [2.75, 3.05) is 0 Å². The first kappa shape index (κ1) is 9.28. The van der Waals surface area contributed by atoms with Crippen molar-refractivity contribution in [1.82, 2.24) is 4.98 Å². The van der Waals surface area contributed by atoms with Gasteiger partial charge < -0.3 is 0 Å². The highest BCUT2D eigenvalue weighted by Crippen LogP contribution is 2.20. The molecule has 0 saturated carbocycles. The summed E-state index contributed by atoms with van der Waals surface area (Å²) in [5.74, 6) is 1.03. The van der Waals surface area contributed by atoms with Crippen LogP contribution in [0, 0.1) is 6.92 Å². The van der Waals surface area contributed by atoms with Crippen LogP contribution in [0.3, 0.4) is 0 Å². The van der Waals surface area contributed by atoms with Gasteiger partial charge >= 0.3 is 0 Å². The molecule has 0 radical (unpaired) electrons. The maximum atomic E-state index is 4.59. The summed E-state index contributed by atoms with van der Waals surface area (Å²) in [6, 6.07) is 12.7. The molecule has 1 heterocycles. The van der Waals surface area contributed by atoms with Crippen LogP contribution in [-0.2, 0) is 7.05 Å². The number of hydrogen-bond acceptors (Lipinski definition) is 1. The fourth-order valence-electron chi connectivity index (χ4n) is 2.00. The quantitative estimate of drug-likeness (QED) is 0.410. The average Bonchev–Trinajstić information content (AvgIpc) is 2.28. The summed E-state index contributed by atoms with van der Waals surface area (Å²) in [6.45, 7) is 2.02. The lowest BCUT2D eigenvalue weighted by Crippen LogP contribution is -2.32.